The fourth-order valence-electron chi connectivity index (χ4n) is 2.84. The van der Waals surface area contributed by atoms with Gasteiger partial charge in [-0.2, -0.15) is 0 Å². The smallest absolute Gasteiger partial charge is 0.335 e. The Morgan fingerprint density at radius 3 is 2.71 bits per heavy atom. The molecule has 2 heterocycles. The van der Waals surface area contributed by atoms with Gasteiger partial charge >= 0.3 is 5.97 Å². The van der Waals surface area contributed by atoms with Gasteiger partial charge in [-0.05, 0) is 43.1 Å². The number of carbonyl (C=O) groups is 1. The van der Waals surface area contributed by atoms with Crippen molar-refractivity contribution >= 4 is 5.97 Å². The Kier molecular flexibility index (Phi) is 3.92. The number of aromatic nitrogens is 2. The zero-order chi connectivity index (χ0) is 14.7. The van der Waals surface area contributed by atoms with E-state index in [1.165, 1.54) is 0 Å². The van der Waals surface area contributed by atoms with E-state index in [9.17, 15) is 4.79 Å². The maximum Gasteiger partial charge on any atom is 0.335 e. The number of rotatable bonds is 3. The van der Waals surface area contributed by atoms with Crippen molar-refractivity contribution in [1.82, 2.24) is 15.3 Å². The van der Waals surface area contributed by atoms with Crippen LogP contribution in [0.1, 0.15) is 46.4 Å². The topological polar surface area (TPSA) is 75.1 Å². The molecule has 1 unspecified atom stereocenters. The molecule has 0 saturated carbocycles. The fraction of sp³-hybridized carbons (Fsp3) is 0.312. The summed E-state index contributed by atoms with van der Waals surface area (Å²) in [6.45, 7) is 0.931. The second kappa shape index (κ2) is 6.01. The van der Waals surface area contributed by atoms with Gasteiger partial charge in [0.1, 0.15) is 6.33 Å². The molecule has 5 heteroatoms. The maximum absolute atomic E-state index is 10.9. The lowest BCUT2D eigenvalue weighted by Crippen LogP contribution is -2.31. The minimum Gasteiger partial charge on any atom is -0.478 e. The molecule has 21 heavy (non-hydrogen) atoms. The van der Waals surface area contributed by atoms with Gasteiger partial charge in [-0.25, -0.2) is 14.8 Å². The van der Waals surface area contributed by atoms with Gasteiger partial charge in [0.2, 0.25) is 0 Å². The molecule has 0 radical (unpaired) electrons. The summed E-state index contributed by atoms with van der Waals surface area (Å²) in [6, 6.07) is 9.32. The lowest BCUT2D eigenvalue weighted by molar-refractivity contribution is 0.0697. The number of piperidine rings is 1. The molecule has 2 atom stereocenters. The summed E-state index contributed by atoms with van der Waals surface area (Å²) in [5.74, 6) is -0.476. The Balaban J connectivity index is 1.75. The van der Waals surface area contributed by atoms with E-state index in [2.05, 4.69) is 15.3 Å². The van der Waals surface area contributed by atoms with Crippen molar-refractivity contribution < 1.29 is 9.90 Å². The van der Waals surface area contributed by atoms with E-state index in [0.717, 1.165) is 30.6 Å². The minimum atomic E-state index is -0.892. The number of carboxylic acid groups (broad SMARTS) is 1. The minimum absolute atomic E-state index is 0.238. The lowest BCUT2D eigenvalue weighted by Gasteiger charge is -2.30. The molecular formula is C16H17N3O2. The van der Waals surface area contributed by atoms with Crippen LogP contribution in [0.5, 0.6) is 0 Å². The van der Waals surface area contributed by atoms with Crippen LogP contribution in [0.25, 0.3) is 0 Å². The monoisotopic (exact) mass is 283 g/mol. The summed E-state index contributed by atoms with van der Waals surface area (Å²) in [4.78, 5) is 19.2. The molecule has 0 amide bonds. The van der Waals surface area contributed by atoms with Gasteiger partial charge in [0.05, 0.1) is 5.56 Å². The average molecular weight is 283 g/mol. The number of aromatic carboxylic acids is 1. The van der Waals surface area contributed by atoms with Crippen LogP contribution in [0.3, 0.4) is 0 Å². The van der Waals surface area contributed by atoms with Gasteiger partial charge in [0.15, 0.2) is 0 Å². The first-order chi connectivity index (χ1) is 10.2. The molecule has 108 valence electrons. The second-order valence-corrected chi connectivity index (χ2v) is 5.29. The van der Waals surface area contributed by atoms with Crippen LogP contribution in [-0.4, -0.2) is 27.6 Å². The molecule has 1 aliphatic heterocycles. The largest absolute Gasteiger partial charge is 0.478 e. The first kappa shape index (κ1) is 13.7. The average Bonchev–Trinajstić information content (AvgIpc) is 2.56. The summed E-state index contributed by atoms with van der Waals surface area (Å²) in [5.41, 5.74) is 2.53. The molecule has 3 rings (SSSR count). The fourth-order valence-corrected chi connectivity index (χ4v) is 2.84. The maximum atomic E-state index is 10.9. The third kappa shape index (κ3) is 3.08. The molecular weight excluding hydrogens is 266 g/mol. The molecule has 1 fully saturated rings. The summed E-state index contributed by atoms with van der Waals surface area (Å²) in [5, 5.41) is 12.4. The molecule has 2 aromatic rings. The number of hydrogen-bond acceptors (Lipinski definition) is 4. The van der Waals surface area contributed by atoms with Crippen LogP contribution in [0.15, 0.2) is 42.9 Å². The summed E-state index contributed by atoms with van der Waals surface area (Å²) in [6.07, 6.45) is 5.39. The standard InChI is InChI=1S/C16H17N3O2/c20-16(21)12-3-1-11(2-4-12)15-9-13(5-8-18-15)14-6-7-17-10-19-14/h1-4,6-7,10,13,15,18H,5,8-9H2,(H,20,21)/t13?,15-/m0/s1. The van der Waals surface area contributed by atoms with E-state index in [0.29, 0.717) is 11.5 Å². The van der Waals surface area contributed by atoms with E-state index >= 15 is 0 Å². The van der Waals surface area contributed by atoms with Crippen molar-refractivity contribution in [3.8, 4) is 0 Å². The quantitative estimate of drug-likeness (QED) is 0.904. The van der Waals surface area contributed by atoms with Gasteiger partial charge in [-0.1, -0.05) is 12.1 Å². The highest BCUT2D eigenvalue weighted by atomic mass is 16.4. The van der Waals surface area contributed by atoms with Crippen molar-refractivity contribution in [3.05, 3.63) is 59.7 Å². The third-order valence-electron chi connectivity index (χ3n) is 3.99. The molecule has 1 aromatic heterocycles. The first-order valence-corrected chi connectivity index (χ1v) is 7.06. The normalized spacial score (nSPS) is 21.9. The van der Waals surface area contributed by atoms with Crippen LogP contribution < -0.4 is 5.32 Å². The number of carboxylic acids is 1. The van der Waals surface area contributed by atoms with E-state index in [1.54, 1.807) is 24.7 Å². The first-order valence-electron chi connectivity index (χ1n) is 7.06. The molecule has 0 bridgehead atoms. The Hall–Kier alpha value is -2.27. The third-order valence-corrected chi connectivity index (χ3v) is 3.99. The predicted molar refractivity (Wildman–Crippen MR) is 78.2 cm³/mol. The van der Waals surface area contributed by atoms with E-state index in [4.69, 9.17) is 5.11 Å². The summed E-state index contributed by atoms with van der Waals surface area (Å²) in [7, 11) is 0. The highest BCUT2D eigenvalue weighted by Crippen LogP contribution is 2.33. The molecule has 5 nitrogen and oxygen atoms in total. The Morgan fingerprint density at radius 2 is 2.05 bits per heavy atom. The molecule has 0 spiro atoms. The predicted octanol–water partition coefficient (Wildman–Crippen LogP) is 2.38. The Labute approximate surface area is 123 Å². The van der Waals surface area contributed by atoms with E-state index in [-0.39, 0.29) is 6.04 Å². The highest BCUT2D eigenvalue weighted by molar-refractivity contribution is 5.87. The Morgan fingerprint density at radius 1 is 1.24 bits per heavy atom. The zero-order valence-corrected chi connectivity index (χ0v) is 11.6. The number of nitrogens with zero attached hydrogens (tertiary/aromatic N) is 2. The Bertz CT molecular complexity index is 613. The summed E-state index contributed by atoms with van der Waals surface area (Å²) < 4.78 is 0. The number of benzene rings is 1. The molecule has 2 N–H and O–H groups in total. The molecule has 1 aromatic carbocycles. The van der Waals surface area contributed by atoms with Gasteiger partial charge in [0, 0.05) is 23.9 Å². The molecule has 1 aliphatic rings. The van der Waals surface area contributed by atoms with Gasteiger partial charge < -0.3 is 10.4 Å². The number of nitrogens with one attached hydrogen (secondary N) is 1. The van der Waals surface area contributed by atoms with Crippen LogP contribution in [0.4, 0.5) is 0 Å². The second-order valence-electron chi connectivity index (χ2n) is 5.29. The molecule has 1 saturated heterocycles. The summed E-state index contributed by atoms with van der Waals surface area (Å²) >= 11 is 0. The SMILES string of the molecule is O=C(O)c1ccc([C@@H]2CC(c3ccncn3)CCN2)cc1. The van der Waals surface area contributed by atoms with Crippen molar-refractivity contribution in [2.75, 3.05) is 6.54 Å². The van der Waals surface area contributed by atoms with E-state index < -0.39 is 5.97 Å². The van der Waals surface area contributed by atoms with Crippen LogP contribution in [-0.2, 0) is 0 Å². The van der Waals surface area contributed by atoms with Crippen LogP contribution in [0.2, 0.25) is 0 Å². The van der Waals surface area contributed by atoms with Crippen LogP contribution in [0, 0.1) is 0 Å². The lowest BCUT2D eigenvalue weighted by atomic mass is 9.86. The van der Waals surface area contributed by atoms with Crippen molar-refractivity contribution in [2.45, 2.75) is 24.8 Å². The van der Waals surface area contributed by atoms with Crippen LogP contribution >= 0.6 is 0 Å². The highest BCUT2D eigenvalue weighted by Gasteiger charge is 2.24. The van der Waals surface area contributed by atoms with Gasteiger partial charge in [-0.3, -0.25) is 0 Å². The van der Waals surface area contributed by atoms with Gasteiger partial charge in [-0.15, -0.1) is 0 Å². The van der Waals surface area contributed by atoms with Crippen molar-refractivity contribution in [3.63, 3.8) is 0 Å². The zero-order valence-electron chi connectivity index (χ0n) is 11.6. The molecule has 0 aliphatic carbocycles. The van der Waals surface area contributed by atoms with E-state index in [1.807, 2.05) is 18.2 Å². The number of hydrogen-bond donors (Lipinski definition) is 2. The van der Waals surface area contributed by atoms with Crippen molar-refractivity contribution in [1.29, 1.82) is 0 Å². The van der Waals surface area contributed by atoms with Gasteiger partial charge in [0.25, 0.3) is 0 Å². The van der Waals surface area contributed by atoms with Crippen molar-refractivity contribution in [2.24, 2.45) is 0 Å².